The number of fused-ring (bicyclic) bond motifs is 4. The Morgan fingerprint density at radius 2 is 1.46 bits per heavy atom. The van der Waals surface area contributed by atoms with Crippen molar-refractivity contribution in [2.24, 2.45) is 0 Å². The molecule has 7 heteroatoms. The van der Waals surface area contributed by atoms with Crippen molar-refractivity contribution in [2.75, 3.05) is 13.4 Å². The molecule has 39 heavy (non-hydrogen) atoms. The summed E-state index contributed by atoms with van der Waals surface area (Å²) in [5.74, 6) is 0.976. The van der Waals surface area contributed by atoms with E-state index in [9.17, 15) is 9.59 Å². The molecule has 1 aliphatic carbocycles. The van der Waals surface area contributed by atoms with E-state index in [0.29, 0.717) is 17.9 Å². The Kier molecular flexibility index (Phi) is 6.87. The van der Waals surface area contributed by atoms with Gasteiger partial charge in [-0.25, -0.2) is 4.79 Å². The van der Waals surface area contributed by atoms with Gasteiger partial charge in [-0.2, -0.15) is 0 Å². The van der Waals surface area contributed by atoms with Gasteiger partial charge in [0.2, 0.25) is 12.7 Å². The van der Waals surface area contributed by atoms with Crippen LogP contribution in [0.4, 0.5) is 4.79 Å². The molecule has 2 amide bonds. The first-order valence-electron chi connectivity index (χ1n) is 13.0. The number of carbonyl (C=O) groups is 2. The molecule has 0 fully saturated rings. The van der Waals surface area contributed by atoms with Crippen LogP contribution in [-0.4, -0.2) is 31.4 Å². The van der Waals surface area contributed by atoms with E-state index in [-0.39, 0.29) is 31.8 Å². The molecule has 0 aromatic heterocycles. The average molecular weight is 521 g/mol. The van der Waals surface area contributed by atoms with Crippen LogP contribution in [0.3, 0.4) is 0 Å². The quantitative estimate of drug-likeness (QED) is 0.334. The van der Waals surface area contributed by atoms with Crippen LogP contribution in [0, 0.1) is 0 Å². The zero-order chi connectivity index (χ0) is 26.6. The molecule has 4 aromatic carbocycles. The number of hydrogen-bond acceptors (Lipinski definition) is 5. The predicted octanol–water partition coefficient (Wildman–Crippen LogP) is 5.18. The second-order valence-electron chi connectivity index (χ2n) is 9.62. The maximum absolute atomic E-state index is 13.2. The molecule has 0 saturated heterocycles. The number of hydrogen-bond donors (Lipinski definition) is 2. The highest BCUT2D eigenvalue weighted by atomic mass is 16.7. The smallest absolute Gasteiger partial charge is 0.407 e. The van der Waals surface area contributed by atoms with Crippen molar-refractivity contribution in [1.29, 1.82) is 0 Å². The maximum atomic E-state index is 13.2. The fraction of sp³-hybridized carbons (Fsp3) is 0.188. The van der Waals surface area contributed by atoms with E-state index >= 15 is 0 Å². The number of alkyl carbamates (subject to hydrolysis) is 1. The molecule has 2 aliphatic rings. The summed E-state index contributed by atoms with van der Waals surface area (Å²) in [5.41, 5.74) is 6.38. The van der Waals surface area contributed by atoms with Gasteiger partial charge in [0, 0.05) is 18.9 Å². The highest BCUT2D eigenvalue weighted by molar-refractivity contribution is 5.86. The highest BCUT2D eigenvalue weighted by Gasteiger charge is 2.30. The Bertz CT molecular complexity index is 1460. The van der Waals surface area contributed by atoms with E-state index < -0.39 is 12.1 Å². The molecule has 6 rings (SSSR count). The average Bonchev–Trinajstić information content (AvgIpc) is 3.57. The zero-order valence-electron chi connectivity index (χ0n) is 21.3. The summed E-state index contributed by atoms with van der Waals surface area (Å²) in [5, 5.41) is 5.73. The lowest BCUT2D eigenvalue weighted by molar-refractivity contribution is -0.123. The minimum Gasteiger partial charge on any atom is -0.454 e. The molecule has 0 radical (unpaired) electrons. The van der Waals surface area contributed by atoms with E-state index in [4.69, 9.17) is 14.2 Å². The summed E-state index contributed by atoms with van der Waals surface area (Å²) in [6.07, 6.45) is -0.297. The molecule has 1 aliphatic heterocycles. The van der Waals surface area contributed by atoms with Crippen molar-refractivity contribution in [2.45, 2.75) is 24.9 Å². The maximum Gasteiger partial charge on any atom is 0.407 e. The van der Waals surface area contributed by atoms with Gasteiger partial charge in [0.15, 0.2) is 11.5 Å². The molecular formula is C32H28N2O5. The van der Waals surface area contributed by atoms with Crippen LogP contribution in [0.1, 0.15) is 28.2 Å². The Labute approximate surface area is 226 Å². The van der Waals surface area contributed by atoms with Crippen molar-refractivity contribution >= 4 is 12.0 Å². The molecule has 0 saturated carbocycles. The van der Waals surface area contributed by atoms with Crippen LogP contribution in [0.2, 0.25) is 0 Å². The first kappa shape index (κ1) is 24.6. The number of ether oxygens (including phenoxy) is 3. The molecule has 1 atom stereocenters. The predicted molar refractivity (Wildman–Crippen MR) is 147 cm³/mol. The SMILES string of the molecule is O=C(NC(Cc1ccccc1)C(=O)NCc1ccc2c(c1)OCO2)OCC1c2ccccc2-c2ccccc21. The van der Waals surface area contributed by atoms with Gasteiger partial charge in [0.05, 0.1) is 0 Å². The lowest BCUT2D eigenvalue weighted by Gasteiger charge is -2.20. The minimum atomic E-state index is -0.808. The fourth-order valence-corrected chi connectivity index (χ4v) is 5.20. The molecule has 7 nitrogen and oxygen atoms in total. The van der Waals surface area contributed by atoms with Gasteiger partial charge >= 0.3 is 6.09 Å². The van der Waals surface area contributed by atoms with E-state index in [1.807, 2.05) is 72.8 Å². The molecule has 1 unspecified atom stereocenters. The number of rotatable bonds is 8. The third-order valence-electron chi connectivity index (χ3n) is 7.14. The van der Waals surface area contributed by atoms with Gasteiger partial charge in [-0.15, -0.1) is 0 Å². The normalized spacial score (nSPS) is 13.7. The Hall–Kier alpha value is -4.78. The Morgan fingerprint density at radius 3 is 2.21 bits per heavy atom. The van der Waals surface area contributed by atoms with Crippen molar-refractivity contribution in [3.63, 3.8) is 0 Å². The summed E-state index contributed by atoms with van der Waals surface area (Å²) in [7, 11) is 0. The summed E-state index contributed by atoms with van der Waals surface area (Å²) >= 11 is 0. The van der Waals surface area contributed by atoms with Gasteiger partial charge in [0.1, 0.15) is 12.6 Å². The topological polar surface area (TPSA) is 85.9 Å². The summed E-state index contributed by atoms with van der Waals surface area (Å²) in [6, 6.07) is 30.7. The largest absolute Gasteiger partial charge is 0.454 e. The monoisotopic (exact) mass is 520 g/mol. The number of carbonyl (C=O) groups excluding carboxylic acids is 2. The summed E-state index contributed by atoms with van der Waals surface area (Å²) < 4.78 is 16.5. The molecule has 1 heterocycles. The minimum absolute atomic E-state index is 0.0597. The standard InChI is InChI=1S/C32H28N2O5/c35-31(33-18-22-14-15-29-30(17-22)39-20-38-29)28(16-21-8-2-1-3-9-21)34-32(36)37-19-27-25-12-6-4-10-23(25)24-11-5-7-13-26(24)27/h1-15,17,27-28H,16,18-20H2,(H,33,35)(H,34,36). The number of benzene rings is 4. The van der Waals surface area contributed by atoms with Gasteiger partial charge in [-0.1, -0.05) is 84.9 Å². The Balaban J connectivity index is 1.12. The zero-order valence-corrected chi connectivity index (χ0v) is 21.3. The van der Waals surface area contributed by atoms with E-state index in [1.54, 1.807) is 0 Å². The fourth-order valence-electron chi connectivity index (χ4n) is 5.20. The third kappa shape index (κ3) is 5.29. The van der Waals surface area contributed by atoms with Crippen molar-refractivity contribution in [3.05, 3.63) is 119 Å². The lowest BCUT2D eigenvalue weighted by atomic mass is 9.98. The molecular weight excluding hydrogens is 492 g/mol. The van der Waals surface area contributed by atoms with Crippen LogP contribution in [-0.2, 0) is 22.5 Å². The van der Waals surface area contributed by atoms with Crippen LogP contribution in [0.5, 0.6) is 11.5 Å². The first-order chi connectivity index (χ1) is 19.2. The van der Waals surface area contributed by atoms with Crippen LogP contribution >= 0.6 is 0 Å². The highest BCUT2D eigenvalue weighted by Crippen LogP contribution is 2.44. The first-order valence-corrected chi connectivity index (χ1v) is 13.0. The van der Waals surface area contributed by atoms with Crippen LogP contribution in [0.25, 0.3) is 11.1 Å². The van der Waals surface area contributed by atoms with Gasteiger partial charge in [0.25, 0.3) is 0 Å². The summed E-state index contributed by atoms with van der Waals surface area (Å²) in [4.78, 5) is 26.2. The van der Waals surface area contributed by atoms with E-state index in [2.05, 4.69) is 34.9 Å². The van der Waals surface area contributed by atoms with Crippen LogP contribution < -0.4 is 20.1 Å². The van der Waals surface area contributed by atoms with Crippen molar-refractivity contribution in [3.8, 4) is 22.6 Å². The second-order valence-corrected chi connectivity index (χ2v) is 9.62. The van der Waals surface area contributed by atoms with Crippen molar-refractivity contribution < 1.29 is 23.8 Å². The molecule has 0 spiro atoms. The van der Waals surface area contributed by atoms with Gasteiger partial charge in [-0.3, -0.25) is 4.79 Å². The third-order valence-corrected chi connectivity index (χ3v) is 7.14. The Morgan fingerprint density at radius 1 is 0.795 bits per heavy atom. The second kappa shape index (κ2) is 10.9. The van der Waals surface area contributed by atoms with Gasteiger partial charge in [-0.05, 0) is 45.5 Å². The van der Waals surface area contributed by atoms with Crippen molar-refractivity contribution in [1.82, 2.24) is 10.6 Å². The number of amides is 2. The van der Waals surface area contributed by atoms with Crippen LogP contribution in [0.15, 0.2) is 97.1 Å². The van der Waals surface area contributed by atoms with Gasteiger partial charge < -0.3 is 24.8 Å². The molecule has 4 aromatic rings. The van der Waals surface area contributed by atoms with E-state index in [0.717, 1.165) is 33.4 Å². The molecule has 2 N–H and O–H groups in total. The summed E-state index contributed by atoms with van der Waals surface area (Å²) in [6.45, 7) is 0.651. The molecule has 196 valence electrons. The van der Waals surface area contributed by atoms with E-state index in [1.165, 1.54) is 0 Å². The molecule has 0 bridgehead atoms. The lowest BCUT2D eigenvalue weighted by Crippen LogP contribution is -2.48. The number of nitrogens with one attached hydrogen (secondary N) is 2.